The van der Waals surface area contributed by atoms with Gasteiger partial charge in [0.2, 0.25) is 0 Å². The Morgan fingerprint density at radius 2 is 2.00 bits per heavy atom. The van der Waals surface area contributed by atoms with E-state index in [1.807, 2.05) is 31.7 Å². The normalized spacial score (nSPS) is 21.4. The summed E-state index contributed by atoms with van der Waals surface area (Å²) in [6, 6.07) is 4.09. The number of hydrogen-bond donors (Lipinski definition) is 0. The zero-order chi connectivity index (χ0) is 16.6. The van der Waals surface area contributed by atoms with Crippen molar-refractivity contribution in [1.82, 2.24) is 15.1 Å². The Kier molecular flexibility index (Phi) is 4.36. The van der Waals surface area contributed by atoms with E-state index in [2.05, 4.69) is 15.1 Å². The summed E-state index contributed by atoms with van der Waals surface area (Å²) in [6.07, 6.45) is 2.85. The molecular formula is C16H23ClN4O2. The number of ether oxygens (including phenoxy) is 1. The molecule has 2 fully saturated rings. The van der Waals surface area contributed by atoms with Gasteiger partial charge in [0.05, 0.1) is 6.04 Å². The molecule has 2 heterocycles. The SMILES string of the molecule is CC(C)(C)OC(=O)N(C1CC1)[C@H]1CCN(c2ccc(Cl)nn2)C1. The fourth-order valence-corrected chi connectivity index (χ4v) is 3.02. The largest absolute Gasteiger partial charge is 0.444 e. The second-order valence-electron chi connectivity index (χ2n) is 7.22. The molecule has 1 atom stereocenters. The van der Waals surface area contributed by atoms with E-state index in [9.17, 15) is 4.79 Å². The number of carbonyl (C=O) groups excluding carboxylic acids is 1. The number of carbonyl (C=O) groups is 1. The van der Waals surface area contributed by atoms with Crippen LogP contribution in [0.1, 0.15) is 40.0 Å². The minimum atomic E-state index is -0.468. The van der Waals surface area contributed by atoms with Crippen LogP contribution < -0.4 is 4.90 Å². The maximum atomic E-state index is 12.6. The van der Waals surface area contributed by atoms with Gasteiger partial charge in [0.1, 0.15) is 5.60 Å². The van der Waals surface area contributed by atoms with Crippen molar-refractivity contribution >= 4 is 23.5 Å². The number of hydrogen-bond acceptors (Lipinski definition) is 5. The number of amides is 1. The van der Waals surface area contributed by atoms with Gasteiger partial charge in [0.25, 0.3) is 0 Å². The summed E-state index contributed by atoms with van der Waals surface area (Å²) in [5, 5.41) is 8.41. The highest BCUT2D eigenvalue weighted by Crippen LogP contribution is 2.33. The van der Waals surface area contributed by atoms with Crippen molar-refractivity contribution in [3.63, 3.8) is 0 Å². The predicted octanol–water partition coefficient (Wildman–Crippen LogP) is 3.11. The third-order valence-electron chi connectivity index (χ3n) is 4.04. The number of aromatic nitrogens is 2. The van der Waals surface area contributed by atoms with Crippen LogP contribution in [0.5, 0.6) is 0 Å². The molecule has 1 aromatic rings. The van der Waals surface area contributed by atoms with E-state index in [1.54, 1.807) is 6.07 Å². The number of rotatable bonds is 3. The maximum absolute atomic E-state index is 12.6. The van der Waals surface area contributed by atoms with Gasteiger partial charge in [-0.3, -0.25) is 0 Å². The average molecular weight is 339 g/mol. The highest BCUT2D eigenvalue weighted by Gasteiger charge is 2.42. The Balaban J connectivity index is 1.68. The first-order chi connectivity index (χ1) is 10.8. The number of nitrogens with zero attached hydrogens (tertiary/aromatic N) is 4. The summed E-state index contributed by atoms with van der Waals surface area (Å²) >= 11 is 5.79. The van der Waals surface area contributed by atoms with E-state index in [1.165, 1.54) is 0 Å². The molecule has 1 saturated carbocycles. The van der Waals surface area contributed by atoms with Crippen LogP contribution in [0.15, 0.2) is 12.1 Å². The van der Waals surface area contributed by atoms with Crippen LogP contribution in [-0.4, -0.2) is 52.0 Å². The zero-order valence-electron chi connectivity index (χ0n) is 13.8. The molecule has 0 bridgehead atoms. The molecule has 0 radical (unpaired) electrons. The van der Waals surface area contributed by atoms with Crippen molar-refractivity contribution < 1.29 is 9.53 Å². The molecule has 126 valence electrons. The lowest BCUT2D eigenvalue weighted by atomic mass is 10.2. The van der Waals surface area contributed by atoms with Crippen LogP contribution in [0.4, 0.5) is 10.6 Å². The highest BCUT2D eigenvalue weighted by atomic mass is 35.5. The van der Waals surface area contributed by atoms with E-state index in [0.29, 0.717) is 11.2 Å². The number of anilines is 1. The molecule has 0 spiro atoms. The predicted molar refractivity (Wildman–Crippen MR) is 88.8 cm³/mol. The van der Waals surface area contributed by atoms with Crippen LogP contribution in [0.2, 0.25) is 5.15 Å². The van der Waals surface area contributed by atoms with E-state index in [-0.39, 0.29) is 12.1 Å². The monoisotopic (exact) mass is 338 g/mol. The number of halogens is 1. The van der Waals surface area contributed by atoms with Crippen LogP contribution in [-0.2, 0) is 4.74 Å². The fourth-order valence-electron chi connectivity index (χ4n) is 2.92. The summed E-state index contributed by atoms with van der Waals surface area (Å²) < 4.78 is 5.59. The molecule has 1 amide bonds. The van der Waals surface area contributed by atoms with E-state index >= 15 is 0 Å². The molecule has 7 heteroatoms. The zero-order valence-corrected chi connectivity index (χ0v) is 14.6. The van der Waals surface area contributed by atoms with Crippen molar-refractivity contribution in [2.45, 2.75) is 57.7 Å². The molecule has 1 saturated heterocycles. The van der Waals surface area contributed by atoms with Gasteiger partial charge in [0.15, 0.2) is 11.0 Å². The lowest BCUT2D eigenvalue weighted by Crippen LogP contribution is -2.46. The van der Waals surface area contributed by atoms with Crippen molar-refractivity contribution in [1.29, 1.82) is 0 Å². The molecular weight excluding hydrogens is 316 g/mol. The topological polar surface area (TPSA) is 58.6 Å². The van der Waals surface area contributed by atoms with Gasteiger partial charge in [-0.1, -0.05) is 11.6 Å². The summed E-state index contributed by atoms with van der Waals surface area (Å²) in [7, 11) is 0. The molecule has 0 aromatic carbocycles. The summed E-state index contributed by atoms with van der Waals surface area (Å²) in [5.41, 5.74) is -0.468. The van der Waals surface area contributed by atoms with Gasteiger partial charge in [-0.15, -0.1) is 10.2 Å². The first-order valence-corrected chi connectivity index (χ1v) is 8.47. The summed E-state index contributed by atoms with van der Waals surface area (Å²) in [4.78, 5) is 16.6. The van der Waals surface area contributed by atoms with Crippen LogP contribution in [0.3, 0.4) is 0 Å². The minimum absolute atomic E-state index is 0.162. The standard InChI is InChI=1S/C16H23ClN4O2/c1-16(2,3)23-15(22)21(11-4-5-11)12-8-9-20(10-12)14-7-6-13(17)18-19-14/h6-7,11-12H,4-5,8-10H2,1-3H3/t12-/m0/s1. The Morgan fingerprint density at radius 3 is 2.57 bits per heavy atom. The van der Waals surface area contributed by atoms with Gasteiger partial charge in [-0.25, -0.2) is 4.79 Å². The van der Waals surface area contributed by atoms with E-state index < -0.39 is 5.60 Å². The molecule has 3 rings (SSSR count). The molecule has 1 aromatic heterocycles. The van der Waals surface area contributed by atoms with Gasteiger partial charge >= 0.3 is 6.09 Å². The Bertz CT molecular complexity index is 568. The van der Waals surface area contributed by atoms with Gasteiger partial charge < -0.3 is 14.5 Å². The van der Waals surface area contributed by atoms with Gasteiger partial charge in [-0.2, -0.15) is 0 Å². The quantitative estimate of drug-likeness (QED) is 0.847. The fraction of sp³-hybridized carbons (Fsp3) is 0.688. The second kappa shape index (κ2) is 6.15. The van der Waals surface area contributed by atoms with Gasteiger partial charge in [0, 0.05) is 19.1 Å². The molecule has 1 aliphatic carbocycles. The Hall–Kier alpha value is -1.56. The van der Waals surface area contributed by atoms with E-state index in [4.69, 9.17) is 16.3 Å². The lowest BCUT2D eigenvalue weighted by molar-refractivity contribution is 0.0158. The van der Waals surface area contributed by atoms with Crippen molar-refractivity contribution in [2.24, 2.45) is 0 Å². The first kappa shape index (κ1) is 16.3. The second-order valence-corrected chi connectivity index (χ2v) is 7.61. The highest BCUT2D eigenvalue weighted by molar-refractivity contribution is 6.29. The lowest BCUT2D eigenvalue weighted by Gasteiger charge is -2.31. The minimum Gasteiger partial charge on any atom is -0.444 e. The molecule has 2 aliphatic rings. The molecule has 1 aliphatic heterocycles. The van der Waals surface area contributed by atoms with Crippen LogP contribution in [0, 0.1) is 0 Å². The van der Waals surface area contributed by atoms with Crippen molar-refractivity contribution in [3.8, 4) is 0 Å². The Labute approximate surface area is 141 Å². The molecule has 23 heavy (non-hydrogen) atoms. The van der Waals surface area contributed by atoms with Crippen molar-refractivity contribution in [3.05, 3.63) is 17.3 Å². The smallest absolute Gasteiger partial charge is 0.410 e. The molecule has 0 unspecified atom stereocenters. The maximum Gasteiger partial charge on any atom is 0.410 e. The van der Waals surface area contributed by atoms with E-state index in [0.717, 1.165) is 38.2 Å². The first-order valence-electron chi connectivity index (χ1n) is 8.09. The van der Waals surface area contributed by atoms with Crippen molar-refractivity contribution in [2.75, 3.05) is 18.0 Å². The van der Waals surface area contributed by atoms with Gasteiger partial charge in [-0.05, 0) is 52.2 Å². The van der Waals surface area contributed by atoms with Crippen LogP contribution in [0.25, 0.3) is 0 Å². The summed E-state index contributed by atoms with van der Waals surface area (Å²) in [5.74, 6) is 0.803. The third kappa shape index (κ3) is 4.05. The molecule has 0 N–H and O–H groups in total. The average Bonchev–Trinajstić information content (AvgIpc) is 3.15. The van der Waals surface area contributed by atoms with Crippen LogP contribution >= 0.6 is 11.6 Å². The molecule has 6 nitrogen and oxygen atoms in total. The summed E-state index contributed by atoms with van der Waals surface area (Å²) in [6.45, 7) is 7.32. The third-order valence-corrected chi connectivity index (χ3v) is 4.24. The Morgan fingerprint density at radius 1 is 1.26 bits per heavy atom.